The Morgan fingerprint density at radius 2 is 1.77 bits per heavy atom. The van der Waals surface area contributed by atoms with Gasteiger partial charge in [-0.05, 0) is 95.2 Å². The van der Waals surface area contributed by atoms with E-state index in [-0.39, 0.29) is 25.4 Å². The van der Waals surface area contributed by atoms with E-state index in [4.69, 9.17) is 14.6 Å². The van der Waals surface area contributed by atoms with Crippen LogP contribution in [0.4, 0.5) is 16.6 Å². The standard InChI is InChI=1S/C39H45N9O4/c1-25-9-7-10-26(2)47(25)38-44-43-35-18-15-29(23-46(35)38)52-33-17-16-32(30-13-5-6-14-31(30)33)41-37(50)42-36-22-34(39(3,4)24-40)45-48(36)27-11-8-12-28(21-27)51-20-19-49/h5-6,8,11-15,18,21-23,25-26,32-33,49H,7,9-10,16-17,19-20H2,1-4H3,(H2,41,42,50)/t25-,26+,32?,33-/m1/s1. The van der Waals surface area contributed by atoms with Crippen LogP contribution >= 0.6 is 0 Å². The number of hydrogen-bond donors (Lipinski definition) is 3. The molecule has 2 aliphatic rings. The van der Waals surface area contributed by atoms with Crippen LogP contribution in [-0.4, -0.2) is 60.8 Å². The molecule has 0 radical (unpaired) electrons. The fraction of sp³-hybridized carbons (Fsp3) is 0.410. The van der Waals surface area contributed by atoms with Crippen molar-refractivity contribution in [2.75, 3.05) is 23.4 Å². The van der Waals surface area contributed by atoms with Crippen LogP contribution in [0.15, 0.2) is 72.9 Å². The number of aliphatic hydroxyl groups excluding tert-OH is 1. The molecular weight excluding hydrogens is 658 g/mol. The molecule has 2 aromatic carbocycles. The molecule has 0 bridgehead atoms. The Bertz CT molecular complexity index is 2090. The molecule has 13 nitrogen and oxygen atoms in total. The quantitative estimate of drug-likeness (QED) is 0.145. The van der Waals surface area contributed by atoms with Crippen molar-refractivity contribution in [3.05, 3.63) is 89.7 Å². The van der Waals surface area contributed by atoms with Gasteiger partial charge in [-0.15, -0.1) is 10.2 Å². The van der Waals surface area contributed by atoms with E-state index in [0.29, 0.717) is 47.9 Å². The summed E-state index contributed by atoms with van der Waals surface area (Å²) >= 11 is 0. The predicted molar refractivity (Wildman–Crippen MR) is 197 cm³/mol. The fourth-order valence-electron chi connectivity index (χ4n) is 7.32. The monoisotopic (exact) mass is 703 g/mol. The maximum absolute atomic E-state index is 13.7. The first-order valence-corrected chi connectivity index (χ1v) is 18.0. The van der Waals surface area contributed by atoms with Crippen molar-refractivity contribution in [1.82, 2.24) is 29.7 Å². The molecule has 0 saturated carbocycles. The zero-order valence-corrected chi connectivity index (χ0v) is 30.0. The SMILES string of the molecule is C[C@@H]1CCC[C@H](C)N1c1nnc2ccc(O[C@@H]3CCC(NC(=O)Nc4cc(C(C)(C)C#N)nn4-c4cccc(OCCO)c4)c4ccccc43)cn12. The fourth-order valence-corrected chi connectivity index (χ4v) is 7.32. The zero-order valence-electron chi connectivity index (χ0n) is 30.0. The number of hydrogen-bond acceptors (Lipinski definition) is 9. The number of nitrogens with one attached hydrogen (secondary N) is 2. The van der Waals surface area contributed by atoms with E-state index < -0.39 is 11.4 Å². The molecule has 4 atom stereocenters. The van der Waals surface area contributed by atoms with E-state index in [0.717, 1.165) is 41.3 Å². The number of fused-ring (bicyclic) bond motifs is 2. The molecule has 52 heavy (non-hydrogen) atoms. The molecule has 7 rings (SSSR count). The summed E-state index contributed by atoms with van der Waals surface area (Å²) in [5.74, 6) is 2.51. The topological polar surface area (TPSA) is 155 Å². The largest absolute Gasteiger partial charge is 0.491 e. The van der Waals surface area contributed by atoms with Crippen molar-refractivity contribution in [3.63, 3.8) is 0 Å². The van der Waals surface area contributed by atoms with Crippen LogP contribution in [0.25, 0.3) is 11.3 Å². The first-order chi connectivity index (χ1) is 25.1. The first kappa shape index (κ1) is 34.8. The lowest BCUT2D eigenvalue weighted by atomic mass is 9.85. The minimum absolute atomic E-state index is 0.117. The third-order valence-electron chi connectivity index (χ3n) is 10.1. The van der Waals surface area contributed by atoms with Gasteiger partial charge in [0.15, 0.2) is 5.65 Å². The number of carbonyl (C=O) groups excluding carboxylic acids is 1. The van der Waals surface area contributed by atoms with Crippen LogP contribution in [0.2, 0.25) is 0 Å². The number of nitrogens with zero attached hydrogens (tertiary/aromatic N) is 7. The third kappa shape index (κ3) is 6.98. The molecule has 1 aliphatic carbocycles. The van der Waals surface area contributed by atoms with Gasteiger partial charge in [-0.2, -0.15) is 10.4 Å². The lowest BCUT2D eigenvalue weighted by Gasteiger charge is -2.39. The summed E-state index contributed by atoms with van der Waals surface area (Å²) in [5, 5.41) is 38.9. The van der Waals surface area contributed by atoms with Gasteiger partial charge in [0.2, 0.25) is 5.95 Å². The molecule has 13 heteroatoms. The van der Waals surface area contributed by atoms with Crippen LogP contribution in [0, 0.1) is 11.3 Å². The molecule has 0 spiro atoms. The number of rotatable bonds is 10. The number of carbonyl (C=O) groups is 1. The lowest BCUT2D eigenvalue weighted by Crippen LogP contribution is -2.44. The summed E-state index contributed by atoms with van der Waals surface area (Å²) in [5.41, 5.74) is 3.02. The molecular formula is C39H45N9O4. The average molecular weight is 704 g/mol. The van der Waals surface area contributed by atoms with Gasteiger partial charge in [0.25, 0.3) is 0 Å². The smallest absolute Gasteiger partial charge is 0.320 e. The van der Waals surface area contributed by atoms with E-state index in [2.05, 4.69) is 51.7 Å². The highest BCUT2D eigenvalue weighted by molar-refractivity contribution is 5.89. The Morgan fingerprint density at radius 3 is 2.54 bits per heavy atom. The van der Waals surface area contributed by atoms with Crippen molar-refractivity contribution in [3.8, 4) is 23.3 Å². The molecule has 3 N–H and O–H groups in total. The molecule has 1 unspecified atom stereocenters. The van der Waals surface area contributed by atoms with E-state index in [9.17, 15) is 15.2 Å². The first-order valence-electron chi connectivity index (χ1n) is 18.0. The van der Waals surface area contributed by atoms with E-state index >= 15 is 0 Å². The predicted octanol–water partition coefficient (Wildman–Crippen LogP) is 6.63. The van der Waals surface area contributed by atoms with E-state index in [1.165, 1.54) is 6.42 Å². The van der Waals surface area contributed by atoms with Gasteiger partial charge in [0.1, 0.15) is 30.0 Å². The highest BCUT2D eigenvalue weighted by Gasteiger charge is 2.32. The summed E-state index contributed by atoms with van der Waals surface area (Å²) in [4.78, 5) is 16.0. The second-order valence-electron chi connectivity index (χ2n) is 14.2. The minimum atomic E-state index is -0.897. The molecule has 1 aliphatic heterocycles. The van der Waals surface area contributed by atoms with Crippen molar-refractivity contribution in [1.29, 1.82) is 5.26 Å². The van der Waals surface area contributed by atoms with Gasteiger partial charge < -0.3 is 24.8 Å². The van der Waals surface area contributed by atoms with Crippen LogP contribution in [0.1, 0.15) is 88.8 Å². The molecule has 5 aromatic rings. The summed E-state index contributed by atoms with van der Waals surface area (Å²) in [6.07, 6.45) is 6.59. The molecule has 4 heterocycles. The summed E-state index contributed by atoms with van der Waals surface area (Å²) in [6.45, 7) is 8.08. The Balaban J connectivity index is 1.10. The van der Waals surface area contributed by atoms with Crippen molar-refractivity contribution in [2.24, 2.45) is 0 Å². The van der Waals surface area contributed by atoms with E-state index in [1.807, 2.05) is 47.0 Å². The normalized spacial score (nSPS) is 20.2. The maximum atomic E-state index is 13.7. The number of amides is 2. The minimum Gasteiger partial charge on any atom is -0.491 e. The second kappa shape index (κ2) is 14.6. The number of piperidine rings is 1. The Hall–Kier alpha value is -5.61. The van der Waals surface area contributed by atoms with Crippen molar-refractivity contribution in [2.45, 2.75) is 89.4 Å². The highest BCUT2D eigenvalue weighted by atomic mass is 16.5. The van der Waals surface area contributed by atoms with Crippen LogP contribution < -0.4 is 25.0 Å². The molecule has 1 saturated heterocycles. The average Bonchev–Trinajstić information content (AvgIpc) is 3.76. The third-order valence-corrected chi connectivity index (χ3v) is 10.1. The highest BCUT2D eigenvalue weighted by Crippen LogP contribution is 2.39. The molecule has 2 amide bonds. The molecule has 270 valence electrons. The Morgan fingerprint density at radius 1 is 0.981 bits per heavy atom. The number of nitriles is 1. The summed E-state index contributed by atoms with van der Waals surface area (Å²) in [7, 11) is 0. The number of benzene rings is 2. The second-order valence-corrected chi connectivity index (χ2v) is 14.2. The summed E-state index contributed by atoms with van der Waals surface area (Å²) < 4.78 is 15.9. The lowest BCUT2D eigenvalue weighted by molar-refractivity contribution is 0.171. The number of urea groups is 1. The van der Waals surface area contributed by atoms with Gasteiger partial charge in [0, 0.05) is 24.2 Å². The zero-order chi connectivity index (χ0) is 36.4. The number of ether oxygens (including phenoxy) is 2. The van der Waals surface area contributed by atoms with Gasteiger partial charge in [-0.1, -0.05) is 30.3 Å². The van der Waals surface area contributed by atoms with Crippen LogP contribution in [0.5, 0.6) is 11.5 Å². The van der Waals surface area contributed by atoms with E-state index in [1.54, 1.807) is 42.8 Å². The van der Waals surface area contributed by atoms with Gasteiger partial charge in [-0.3, -0.25) is 9.72 Å². The number of aliphatic hydroxyl groups is 1. The number of pyridine rings is 1. The Labute approximate surface area is 303 Å². The van der Waals surface area contributed by atoms with Gasteiger partial charge in [0.05, 0.1) is 41.7 Å². The number of anilines is 2. The van der Waals surface area contributed by atoms with Gasteiger partial charge in [-0.25, -0.2) is 9.48 Å². The van der Waals surface area contributed by atoms with Crippen LogP contribution in [-0.2, 0) is 5.41 Å². The Kier molecular flexibility index (Phi) is 9.75. The van der Waals surface area contributed by atoms with Crippen molar-refractivity contribution < 1.29 is 19.4 Å². The summed E-state index contributed by atoms with van der Waals surface area (Å²) in [6, 6.07) is 23.2. The van der Waals surface area contributed by atoms with Crippen LogP contribution in [0.3, 0.4) is 0 Å². The molecule has 1 fully saturated rings. The van der Waals surface area contributed by atoms with Crippen molar-refractivity contribution >= 4 is 23.4 Å². The van der Waals surface area contributed by atoms with Gasteiger partial charge >= 0.3 is 6.03 Å². The molecule has 3 aromatic heterocycles. The maximum Gasteiger partial charge on any atom is 0.320 e. The number of aromatic nitrogens is 5.